The van der Waals surface area contributed by atoms with Crippen molar-refractivity contribution in [3.8, 4) is 0 Å². The topological polar surface area (TPSA) is 72.7 Å². The summed E-state index contributed by atoms with van der Waals surface area (Å²) in [5.41, 5.74) is 0.857. The summed E-state index contributed by atoms with van der Waals surface area (Å²) in [6, 6.07) is 9.06. The van der Waals surface area contributed by atoms with Crippen LogP contribution in [0.4, 0.5) is 0 Å². The number of rotatable bonds is 5. The summed E-state index contributed by atoms with van der Waals surface area (Å²) >= 11 is 0. The molecule has 0 radical (unpaired) electrons. The Morgan fingerprint density at radius 1 is 1.37 bits per heavy atom. The molecule has 0 spiro atoms. The highest BCUT2D eigenvalue weighted by Crippen LogP contribution is 2.17. The van der Waals surface area contributed by atoms with Crippen molar-refractivity contribution in [1.29, 1.82) is 0 Å². The highest BCUT2D eigenvalue weighted by atomic mass is 16.2. The molecule has 2 rings (SSSR count). The molecule has 19 heavy (non-hydrogen) atoms. The Morgan fingerprint density at radius 2 is 2.11 bits per heavy atom. The molecule has 1 aromatic carbocycles. The lowest BCUT2D eigenvalue weighted by molar-refractivity contribution is -0.124. The molecule has 1 amide bonds. The van der Waals surface area contributed by atoms with E-state index >= 15 is 0 Å². The molecule has 1 heterocycles. The number of hydrogen-bond acceptors (Lipinski definition) is 4. The van der Waals surface area contributed by atoms with E-state index in [4.69, 9.17) is 0 Å². The molecule has 2 atom stereocenters. The van der Waals surface area contributed by atoms with Crippen LogP contribution >= 0.6 is 0 Å². The zero-order chi connectivity index (χ0) is 13.7. The van der Waals surface area contributed by atoms with E-state index in [0.29, 0.717) is 0 Å². The Bertz CT molecular complexity index is 511. The van der Waals surface area contributed by atoms with Gasteiger partial charge in [0.15, 0.2) is 6.04 Å². The number of amides is 1. The molecule has 0 bridgehead atoms. The van der Waals surface area contributed by atoms with Gasteiger partial charge in [0.25, 0.3) is 0 Å². The molecule has 1 aromatic heterocycles. The van der Waals surface area contributed by atoms with Crippen LogP contribution in [0.2, 0.25) is 0 Å². The van der Waals surface area contributed by atoms with Crippen LogP contribution in [0, 0.1) is 0 Å². The van der Waals surface area contributed by atoms with Crippen LogP contribution in [0.15, 0.2) is 36.7 Å². The Balaban J connectivity index is 2.28. The first-order chi connectivity index (χ1) is 9.22. The van der Waals surface area contributed by atoms with Gasteiger partial charge in [0, 0.05) is 6.04 Å². The van der Waals surface area contributed by atoms with Crippen molar-refractivity contribution in [3.05, 3.63) is 42.2 Å². The first-order valence-electron chi connectivity index (χ1n) is 6.30. The monoisotopic (exact) mass is 259 g/mol. The number of carbonyl (C=O) groups is 1. The van der Waals surface area contributed by atoms with Crippen LogP contribution in [-0.2, 0) is 4.79 Å². The average Bonchev–Trinajstić information content (AvgIpc) is 2.94. The van der Waals surface area contributed by atoms with Gasteiger partial charge in [-0.15, -0.1) is 5.10 Å². The maximum atomic E-state index is 12.4. The number of nitrogens with zero attached hydrogens (tertiary/aromatic N) is 4. The van der Waals surface area contributed by atoms with E-state index in [1.165, 1.54) is 11.0 Å². The summed E-state index contributed by atoms with van der Waals surface area (Å²) in [5, 5.41) is 14.0. The summed E-state index contributed by atoms with van der Waals surface area (Å²) in [6.07, 6.45) is 2.33. The Kier molecular flexibility index (Phi) is 4.22. The smallest absolute Gasteiger partial charge is 0.249 e. The van der Waals surface area contributed by atoms with Gasteiger partial charge in [-0.3, -0.25) is 4.79 Å². The fourth-order valence-electron chi connectivity index (χ4n) is 1.77. The van der Waals surface area contributed by atoms with Crippen molar-refractivity contribution in [1.82, 2.24) is 25.5 Å². The molecular formula is C13H17N5O. The average molecular weight is 259 g/mol. The minimum Gasteiger partial charge on any atom is -0.351 e. The van der Waals surface area contributed by atoms with Crippen LogP contribution in [0.1, 0.15) is 31.9 Å². The van der Waals surface area contributed by atoms with Crippen molar-refractivity contribution < 1.29 is 4.79 Å². The molecule has 0 saturated carbocycles. The van der Waals surface area contributed by atoms with E-state index in [0.717, 1.165) is 12.0 Å². The molecule has 0 saturated heterocycles. The summed E-state index contributed by atoms with van der Waals surface area (Å²) < 4.78 is 1.47. The molecule has 2 aromatic rings. The third kappa shape index (κ3) is 3.15. The second-order valence-corrected chi connectivity index (χ2v) is 4.42. The molecule has 0 aliphatic heterocycles. The minimum atomic E-state index is -0.537. The van der Waals surface area contributed by atoms with E-state index in [-0.39, 0.29) is 11.9 Å². The second kappa shape index (κ2) is 6.08. The molecule has 0 aliphatic rings. The number of carbonyl (C=O) groups excluding carboxylic acids is 1. The first kappa shape index (κ1) is 13.2. The van der Waals surface area contributed by atoms with Crippen molar-refractivity contribution in [2.45, 2.75) is 32.4 Å². The highest BCUT2D eigenvalue weighted by molar-refractivity contribution is 5.83. The lowest BCUT2D eigenvalue weighted by Gasteiger charge is -2.19. The molecular weight excluding hydrogens is 242 g/mol. The van der Waals surface area contributed by atoms with Gasteiger partial charge >= 0.3 is 0 Å². The quantitative estimate of drug-likeness (QED) is 0.875. The van der Waals surface area contributed by atoms with Gasteiger partial charge < -0.3 is 5.32 Å². The Morgan fingerprint density at radius 3 is 2.68 bits per heavy atom. The summed E-state index contributed by atoms with van der Waals surface area (Å²) in [6.45, 7) is 4.00. The van der Waals surface area contributed by atoms with E-state index < -0.39 is 6.04 Å². The lowest BCUT2D eigenvalue weighted by Crippen LogP contribution is -2.38. The van der Waals surface area contributed by atoms with Crippen molar-refractivity contribution >= 4 is 5.91 Å². The third-order valence-electron chi connectivity index (χ3n) is 2.99. The fourth-order valence-corrected chi connectivity index (χ4v) is 1.77. The molecule has 6 nitrogen and oxygen atoms in total. The van der Waals surface area contributed by atoms with Crippen LogP contribution in [0.3, 0.4) is 0 Å². The molecule has 0 aliphatic carbocycles. The first-order valence-corrected chi connectivity index (χ1v) is 6.30. The number of tetrazole rings is 1. The molecule has 6 heteroatoms. The SMILES string of the molecule is CC[C@@H](C)NC(=O)[C@@H](c1ccccc1)n1cnnn1. The van der Waals surface area contributed by atoms with Gasteiger partial charge in [-0.05, 0) is 29.3 Å². The number of hydrogen-bond donors (Lipinski definition) is 1. The second-order valence-electron chi connectivity index (χ2n) is 4.42. The summed E-state index contributed by atoms with van der Waals surface area (Å²) in [4.78, 5) is 12.4. The third-order valence-corrected chi connectivity index (χ3v) is 2.99. The van der Waals surface area contributed by atoms with Crippen molar-refractivity contribution in [2.24, 2.45) is 0 Å². The van der Waals surface area contributed by atoms with Gasteiger partial charge in [0.2, 0.25) is 5.91 Å². The predicted molar refractivity (Wildman–Crippen MR) is 70.3 cm³/mol. The number of benzene rings is 1. The maximum absolute atomic E-state index is 12.4. The van der Waals surface area contributed by atoms with E-state index in [1.54, 1.807) is 0 Å². The van der Waals surface area contributed by atoms with Gasteiger partial charge in [0.05, 0.1) is 0 Å². The zero-order valence-corrected chi connectivity index (χ0v) is 11.0. The highest BCUT2D eigenvalue weighted by Gasteiger charge is 2.24. The standard InChI is InChI=1S/C13H17N5O/c1-3-10(2)15-13(19)12(18-9-14-16-17-18)11-7-5-4-6-8-11/h4-10,12H,3H2,1-2H3,(H,15,19)/t10-,12-/m1/s1. The van der Waals surface area contributed by atoms with Crippen molar-refractivity contribution in [3.63, 3.8) is 0 Å². The largest absolute Gasteiger partial charge is 0.351 e. The number of aromatic nitrogens is 4. The summed E-state index contributed by atoms with van der Waals surface area (Å²) in [5.74, 6) is -0.104. The van der Waals surface area contributed by atoms with Gasteiger partial charge in [0.1, 0.15) is 6.33 Å². The summed E-state index contributed by atoms with van der Waals surface area (Å²) in [7, 11) is 0. The van der Waals surface area contributed by atoms with E-state index in [9.17, 15) is 4.79 Å². The van der Waals surface area contributed by atoms with Gasteiger partial charge in [-0.2, -0.15) is 0 Å². The molecule has 100 valence electrons. The maximum Gasteiger partial charge on any atom is 0.249 e. The van der Waals surface area contributed by atoms with E-state index in [1.807, 2.05) is 44.2 Å². The Hall–Kier alpha value is -2.24. The molecule has 0 fully saturated rings. The van der Waals surface area contributed by atoms with Gasteiger partial charge in [-0.25, -0.2) is 4.68 Å². The van der Waals surface area contributed by atoms with Crippen LogP contribution < -0.4 is 5.32 Å². The fraction of sp³-hybridized carbons (Fsp3) is 0.385. The lowest BCUT2D eigenvalue weighted by atomic mass is 10.1. The normalized spacial score (nSPS) is 13.8. The zero-order valence-electron chi connectivity index (χ0n) is 11.0. The van der Waals surface area contributed by atoms with Crippen LogP contribution in [0.5, 0.6) is 0 Å². The predicted octanol–water partition coefficient (Wildman–Crippen LogP) is 1.18. The van der Waals surface area contributed by atoms with Crippen LogP contribution in [0.25, 0.3) is 0 Å². The van der Waals surface area contributed by atoms with Crippen molar-refractivity contribution in [2.75, 3.05) is 0 Å². The molecule has 0 unspecified atom stereocenters. The van der Waals surface area contributed by atoms with Gasteiger partial charge in [-0.1, -0.05) is 37.3 Å². The Labute approximate surface area is 111 Å². The van der Waals surface area contributed by atoms with E-state index in [2.05, 4.69) is 20.8 Å². The molecule has 1 N–H and O–H groups in total. The number of nitrogens with one attached hydrogen (secondary N) is 1. The van der Waals surface area contributed by atoms with Crippen LogP contribution in [-0.4, -0.2) is 32.2 Å². The minimum absolute atomic E-state index is 0.104.